The van der Waals surface area contributed by atoms with Crippen molar-refractivity contribution >= 4 is 11.8 Å². The third-order valence-electron chi connectivity index (χ3n) is 5.57. The van der Waals surface area contributed by atoms with E-state index in [1.54, 1.807) is 4.90 Å². The van der Waals surface area contributed by atoms with Gasteiger partial charge in [0.2, 0.25) is 5.91 Å². The van der Waals surface area contributed by atoms with E-state index in [9.17, 15) is 9.59 Å². The highest BCUT2D eigenvalue weighted by Gasteiger charge is 2.52. The van der Waals surface area contributed by atoms with Gasteiger partial charge >= 0.3 is 0 Å². The summed E-state index contributed by atoms with van der Waals surface area (Å²) in [5, 5.41) is 2.97. The fourth-order valence-electron chi connectivity index (χ4n) is 4.03. The van der Waals surface area contributed by atoms with Crippen molar-refractivity contribution in [3.05, 3.63) is 35.4 Å². The molecule has 0 radical (unpaired) electrons. The quantitative estimate of drug-likeness (QED) is 0.859. The Morgan fingerprint density at radius 1 is 1.19 bits per heavy atom. The van der Waals surface area contributed by atoms with Crippen molar-refractivity contribution in [1.29, 1.82) is 0 Å². The Morgan fingerprint density at radius 3 is 2.48 bits per heavy atom. The van der Waals surface area contributed by atoms with Crippen LogP contribution >= 0.6 is 0 Å². The van der Waals surface area contributed by atoms with Gasteiger partial charge < -0.3 is 15.0 Å². The molecule has 1 aromatic carbocycles. The van der Waals surface area contributed by atoms with E-state index in [1.807, 2.05) is 50.2 Å². The lowest BCUT2D eigenvalue weighted by Gasteiger charge is -2.41. The molecule has 1 aromatic rings. The standard InChI is InChI=1S/C21H31N3O3/c1-16-7-9-17(10-8-16)20(26)24-18(19(25)22-13-14-23(2)3)15-27-21(24)11-5-4-6-12-21/h7-10,18H,4-6,11-15H2,1-3H3,(H,22,25). The van der Waals surface area contributed by atoms with Crippen molar-refractivity contribution < 1.29 is 14.3 Å². The summed E-state index contributed by atoms with van der Waals surface area (Å²) in [6.07, 6.45) is 4.79. The Hall–Kier alpha value is -1.92. The lowest BCUT2D eigenvalue weighted by atomic mass is 9.89. The summed E-state index contributed by atoms with van der Waals surface area (Å²) in [4.78, 5) is 30.0. The van der Waals surface area contributed by atoms with E-state index in [0.717, 1.165) is 44.2 Å². The minimum atomic E-state index is -0.635. The molecule has 2 amide bonds. The first-order valence-corrected chi connectivity index (χ1v) is 9.90. The van der Waals surface area contributed by atoms with E-state index in [2.05, 4.69) is 5.32 Å². The number of hydrogen-bond acceptors (Lipinski definition) is 4. The maximum absolute atomic E-state index is 13.4. The van der Waals surface area contributed by atoms with Crippen molar-refractivity contribution in [3.8, 4) is 0 Å². The molecule has 148 valence electrons. The van der Waals surface area contributed by atoms with Crippen molar-refractivity contribution in [3.63, 3.8) is 0 Å². The zero-order valence-electron chi connectivity index (χ0n) is 16.7. The molecule has 0 bridgehead atoms. The average Bonchev–Trinajstić information content (AvgIpc) is 3.00. The Morgan fingerprint density at radius 2 is 1.85 bits per heavy atom. The highest BCUT2D eigenvalue weighted by Crippen LogP contribution is 2.41. The minimum Gasteiger partial charge on any atom is -0.353 e. The number of nitrogens with zero attached hydrogens (tertiary/aromatic N) is 2. The van der Waals surface area contributed by atoms with Crippen LogP contribution in [-0.2, 0) is 9.53 Å². The molecule has 1 atom stereocenters. The first kappa shape index (κ1) is 19.8. The molecule has 27 heavy (non-hydrogen) atoms. The number of carbonyl (C=O) groups is 2. The number of amides is 2. The first-order valence-electron chi connectivity index (χ1n) is 9.90. The number of likely N-dealkylation sites (N-methyl/N-ethyl adjacent to an activating group) is 1. The lowest BCUT2D eigenvalue weighted by Crippen LogP contribution is -2.56. The van der Waals surface area contributed by atoms with Crippen molar-refractivity contribution in [2.24, 2.45) is 0 Å². The molecule has 1 aliphatic carbocycles. The van der Waals surface area contributed by atoms with Crippen LogP contribution in [0.25, 0.3) is 0 Å². The Bertz CT molecular complexity index is 666. The van der Waals surface area contributed by atoms with Gasteiger partial charge in [0.05, 0.1) is 6.61 Å². The molecule has 0 aromatic heterocycles. The van der Waals surface area contributed by atoms with Crippen LogP contribution in [0.5, 0.6) is 0 Å². The Balaban J connectivity index is 1.83. The molecule has 6 heteroatoms. The third-order valence-corrected chi connectivity index (χ3v) is 5.57. The topological polar surface area (TPSA) is 61.9 Å². The Kier molecular flexibility index (Phi) is 6.17. The van der Waals surface area contributed by atoms with Crippen LogP contribution < -0.4 is 5.32 Å². The number of ether oxygens (including phenoxy) is 1. The second-order valence-electron chi connectivity index (χ2n) is 7.97. The summed E-state index contributed by atoms with van der Waals surface area (Å²) in [5.41, 5.74) is 1.08. The summed E-state index contributed by atoms with van der Waals surface area (Å²) in [5.74, 6) is -0.234. The lowest BCUT2D eigenvalue weighted by molar-refractivity contribution is -0.127. The van der Waals surface area contributed by atoms with Crippen LogP contribution in [0.1, 0.15) is 48.0 Å². The summed E-state index contributed by atoms with van der Waals surface area (Å²) < 4.78 is 6.16. The fourth-order valence-corrected chi connectivity index (χ4v) is 4.03. The van der Waals surface area contributed by atoms with E-state index < -0.39 is 11.8 Å². The molecule has 6 nitrogen and oxygen atoms in total. The summed E-state index contributed by atoms with van der Waals surface area (Å²) in [7, 11) is 3.93. The highest BCUT2D eigenvalue weighted by atomic mass is 16.5. The molecule has 3 rings (SSSR count). The highest BCUT2D eigenvalue weighted by molar-refractivity contribution is 5.98. The summed E-state index contributed by atoms with van der Waals surface area (Å²) >= 11 is 0. The monoisotopic (exact) mass is 373 g/mol. The number of hydrogen-bond donors (Lipinski definition) is 1. The zero-order valence-corrected chi connectivity index (χ0v) is 16.7. The van der Waals surface area contributed by atoms with E-state index >= 15 is 0 Å². The molecule has 1 saturated carbocycles. The molecule has 2 fully saturated rings. The van der Waals surface area contributed by atoms with Gasteiger partial charge in [0.15, 0.2) is 0 Å². The molecular weight excluding hydrogens is 342 g/mol. The maximum Gasteiger partial charge on any atom is 0.256 e. The van der Waals surface area contributed by atoms with Crippen molar-refractivity contribution in [2.45, 2.75) is 50.8 Å². The van der Waals surface area contributed by atoms with Crippen LogP contribution in [0.3, 0.4) is 0 Å². The minimum absolute atomic E-state index is 0.109. The van der Waals surface area contributed by atoms with Gasteiger partial charge in [-0.25, -0.2) is 0 Å². The van der Waals surface area contributed by atoms with Gasteiger partial charge in [-0.1, -0.05) is 24.1 Å². The van der Waals surface area contributed by atoms with Crippen LogP contribution in [0.2, 0.25) is 0 Å². The van der Waals surface area contributed by atoms with Crippen LogP contribution in [0.15, 0.2) is 24.3 Å². The summed E-state index contributed by atoms with van der Waals surface area (Å²) in [6.45, 7) is 3.58. The number of carbonyl (C=O) groups excluding carboxylic acids is 2. The van der Waals surface area contributed by atoms with Gasteiger partial charge in [-0.05, 0) is 58.8 Å². The maximum atomic E-state index is 13.4. The second-order valence-corrected chi connectivity index (χ2v) is 7.97. The van der Waals surface area contributed by atoms with Gasteiger partial charge in [0.1, 0.15) is 11.8 Å². The van der Waals surface area contributed by atoms with E-state index in [-0.39, 0.29) is 18.4 Å². The third kappa shape index (κ3) is 4.33. The average molecular weight is 373 g/mol. The van der Waals surface area contributed by atoms with Gasteiger partial charge in [0, 0.05) is 18.7 Å². The number of aryl methyl sites for hydroxylation is 1. The molecule has 1 spiro atoms. The fraction of sp³-hybridized carbons (Fsp3) is 0.619. The van der Waals surface area contributed by atoms with Gasteiger partial charge in [-0.3, -0.25) is 14.5 Å². The van der Waals surface area contributed by atoms with E-state index in [1.165, 1.54) is 0 Å². The molecule has 1 unspecified atom stereocenters. The smallest absolute Gasteiger partial charge is 0.256 e. The molecule has 2 aliphatic rings. The molecule has 1 heterocycles. The molecule has 1 N–H and O–H groups in total. The van der Waals surface area contributed by atoms with Crippen LogP contribution in [0, 0.1) is 6.92 Å². The van der Waals surface area contributed by atoms with Crippen LogP contribution in [-0.4, -0.2) is 67.2 Å². The van der Waals surface area contributed by atoms with Gasteiger partial charge in [-0.2, -0.15) is 0 Å². The normalized spacial score (nSPS) is 21.6. The first-order chi connectivity index (χ1) is 12.9. The van der Waals surface area contributed by atoms with Crippen molar-refractivity contribution in [1.82, 2.24) is 15.1 Å². The van der Waals surface area contributed by atoms with Crippen molar-refractivity contribution in [2.75, 3.05) is 33.8 Å². The molecule has 1 saturated heterocycles. The zero-order chi connectivity index (χ0) is 19.4. The molecule has 1 aliphatic heterocycles. The van der Waals surface area contributed by atoms with Crippen LogP contribution in [0.4, 0.5) is 0 Å². The largest absolute Gasteiger partial charge is 0.353 e. The predicted octanol–water partition coefficient (Wildman–Crippen LogP) is 2.17. The van der Waals surface area contributed by atoms with E-state index in [0.29, 0.717) is 12.1 Å². The Labute approximate surface area is 161 Å². The SMILES string of the molecule is Cc1ccc(C(=O)N2C(C(=O)NCCN(C)C)COC23CCCCC3)cc1. The number of benzene rings is 1. The predicted molar refractivity (Wildman–Crippen MR) is 104 cm³/mol. The van der Waals surface area contributed by atoms with Gasteiger partial charge in [0.25, 0.3) is 5.91 Å². The number of nitrogens with one attached hydrogen (secondary N) is 1. The number of rotatable bonds is 5. The second kappa shape index (κ2) is 8.40. The van der Waals surface area contributed by atoms with E-state index in [4.69, 9.17) is 4.74 Å². The van der Waals surface area contributed by atoms with Gasteiger partial charge in [-0.15, -0.1) is 0 Å². The summed E-state index contributed by atoms with van der Waals surface area (Å²) in [6, 6.07) is 6.98. The molecular formula is C21H31N3O3.